The standard InChI is InChI=1S/C25H29FN2O5/c1-31-16-14-27(15-17-32-2)23-22(19-6-10-21(33-3)11-7-19)24(29)28(25(23)30)13-12-18-4-8-20(26)9-5-18/h4-11H,12-17H2,1-3H3. The number of nitrogens with zero attached hydrogens (tertiary/aromatic N) is 2. The largest absolute Gasteiger partial charge is 0.497 e. The second kappa shape index (κ2) is 11.6. The first-order valence-electron chi connectivity index (χ1n) is 10.7. The van der Waals surface area contributed by atoms with E-state index in [1.165, 1.54) is 17.0 Å². The van der Waals surface area contributed by atoms with Crippen LogP contribution in [0.5, 0.6) is 5.75 Å². The monoisotopic (exact) mass is 456 g/mol. The first-order chi connectivity index (χ1) is 16.0. The van der Waals surface area contributed by atoms with Gasteiger partial charge in [-0.25, -0.2) is 4.39 Å². The minimum Gasteiger partial charge on any atom is -0.497 e. The molecule has 3 rings (SSSR count). The van der Waals surface area contributed by atoms with Gasteiger partial charge in [0, 0.05) is 33.9 Å². The van der Waals surface area contributed by atoms with Crippen molar-refractivity contribution >= 4 is 17.4 Å². The van der Waals surface area contributed by atoms with Crippen molar-refractivity contribution < 1.29 is 28.2 Å². The first kappa shape index (κ1) is 24.4. The molecular formula is C25H29FN2O5. The van der Waals surface area contributed by atoms with Crippen LogP contribution < -0.4 is 4.74 Å². The van der Waals surface area contributed by atoms with Gasteiger partial charge < -0.3 is 19.1 Å². The van der Waals surface area contributed by atoms with Gasteiger partial charge in [0.1, 0.15) is 17.3 Å². The van der Waals surface area contributed by atoms with E-state index in [0.717, 1.165) is 5.56 Å². The van der Waals surface area contributed by atoms with Crippen molar-refractivity contribution in [2.24, 2.45) is 0 Å². The maximum atomic E-state index is 13.5. The van der Waals surface area contributed by atoms with Crippen molar-refractivity contribution in [3.8, 4) is 5.75 Å². The molecule has 0 aliphatic carbocycles. The van der Waals surface area contributed by atoms with E-state index >= 15 is 0 Å². The molecule has 1 heterocycles. The number of ether oxygens (including phenoxy) is 3. The molecule has 2 amide bonds. The van der Waals surface area contributed by atoms with Gasteiger partial charge in [-0.15, -0.1) is 0 Å². The number of carbonyl (C=O) groups excluding carboxylic acids is 2. The van der Waals surface area contributed by atoms with Gasteiger partial charge in [0.15, 0.2) is 0 Å². The molecule has 176 valence electrons. The van der Waals surface area contributed by atoms with Crippen LogP contribution in [0.15, 0.2) is 54.2 Å². The van der Waals surface area contributed by atoms with Gasteiger partial charge in [0.05, 0.1) is 25.9 Å². The van der Waals surface area contributed by atoms with Crippen molar-refractivity contribution in [1.82, 2.24) is 9.80 Å². The van der Waals surface area contributed by atoms with Gasteiger partial charge >= 0.3 is 0 Å². The number of imide groups is 1. The van der Waals surface area contributed by atoms with E-state index in [9.17, 15) is 14.0 Å². The molecule has 0 spiro atoms. The third-order valence-corrected chi connectivity index (χ3v) is 5.51. The van der Waals surface area contributed by atoms with E-state index in [-0.39, 0.29) is 24.2 Å². The molecule has 2 aromatic rings. The number of methoxy groups -OCH3 is 3. The molecule has 0 N–H and O–H groups in total. The Morgan fingerprint density at radius 2 is 1.45 bits per heavy atom. The van der Waals surface area contributed by atoms with Gasteiger partial charge in [0.25, 0.3) is 11.8 Å². The molecule has 1 aliphatic rings. The van der Waals surface area contributed by atoms with Crippen LogP contribution in [0.3, 0.4) is 0 Å². The molecule has 0 saturated carbocycles. The summed E-state index contributed by atoms with van der Waals surface area (Å²) in [5.41, 5.74) is 2.15. The highest BCUT2D eigenvalue weighted by Crippen LogP contribution is 2.32. The van der Waals surface area contributed by atoms with Gasteiger partial charge in [-0.3, -0.25) is 14.5 Å². The number of rotatable bonds is 12. The molecule has 33 heavy (non-hydrogen) atoms. The van der Waals surface area contributed by atoms with Crippen molar-refractivity contribution in [2.45, 2.75) is 6.42 Å². The zero-order valence-corrected chi connectivity index (χ0v) is 19.2. The predicted octanol–water partition coefficient (Wildman–Crippen LogP) is 2.75. The lowest BCUT2D eigenvalue weighted by molar-refractivity contribution is -0.137. The highest BCUT2D eigenvalue weighted by molar-refractivity contribution is 6.35. The van der Waals surface area contributed by atoms with Crippen molar-refractivity contribution in [3.05, 3.63) is 71.2 Å². The van der Waals surface area contributed by atoms with Gasteiger partial charge in [-0.1, -0.05) is 24.3 Å². The Morgan fingerprint density at radius 3 is 2.00 bits per heavy atom. The summed E-state index contributed by atoms with van der Waals surface area (Å²) in [5.74, 6) is -0.395. The molecule has 0 aromatic heterocycles. The van der Waals surface area contributed by atoms with E-state index in [4.69, 9.17) is 14.2 Å². The Bertz CT molecular complexity index is 981. The maximum Gasteiger partial charge on any atom is 0.277 e. The smallest absolute Gasteiger partial charge is 0.277 e. The number of benzene rings is 2. The zero-order valence-electron chi connectivity index (χ0n) is 19.2. The van der Waals surface area contributed by atoms with E-state index in [1.54, 1.807) is 57.7 Å². The lowest BCUT2D eigenvalue weighted by atomic mass is 10.0. The van der Waals surface area contributed by atoms with Crippen LogP contribution in [0.2, 0.25) is 0 Å². The van der Waals surface area contributed by atoms with Crippen molar-refractivity contribution in [2.75, 3.05) is 54.2 Å². The van der Waals surface area contributed by atoms with Crippen LogP contribution in [0.25, 0.3) is 5.57 Å². The van der Waals surface area contributed by atoms with Crippen LogP contribution >= 0.6 is 0 Å². The SMILES string of the molecule is COCCN(CCOC)C1=C(c2ccc(OC)cc2)C(=O)N(CCc2ccc(F)cc2)C1=O. The van der Waals surface area contributed by atoms with Crippen LogP contribution in [0.1, 0.15) is 11.1 Å². The van der Waals surface area contributed by atoms with Crippen molar-refractivity contribution in [1.29, 1.82) is 0 Å². The molecule has 8 heteroatoms. The average molecular weight is 457 g/mol. The molecule has 0 radical (unpaired) electrons. The highest BCUT2D eigenvalue weighted by Gasteiger charge is 2.41. The summed E-state index contributed by atoms with van der Waals surface area (Å²) in [4.78, 5) is 30.1. The van der Waals surface area contributed by atoms with Gasteiger partial charge in [-0.05, 0) is 41.8 Å². The Labute approximate surface area is 193 Å². The van der Waals surface area contributed by atoms with Gasteiger partial charge in [0.2, 0.25) is 0 Å². The number of carbonyl (C=O) groups is 2. The molecule has 0 atom stereocenters. The summed E-state index contributed by atoms with van der Waals surface area (Å²) in [6, 6.07) is 13.1. The maximum absolute atomic E-state index is 13.5. The lowest BCUT2D eigenvalue weighted by Crippen LogP contribution is -2.38. The van der Waals surface area contributed by atoms with Crippen LogP contribution in [-0.4, -0.2) is 75.8 Å². The summed E-state index contributed by atoms with van der Waals surface area (Å²) < 4.78 is 28.9. The summed E-state index contributed by atoms with van der Waals surface area (Å²) in [6.07, 6.45) is 0.428. The zero-order chi connectivity index (χ0) is 23.8. The van der Waals surface area contributed by atoms with Gasteiger partial charge in [-0.2, -0.15) is 0 Å². The van der Waals surface area contributed by atoms with Crippen LogP contribution in [0.4, 0.5) is 4.39 Å². The third kappa shape index (κ3) is 5.77. The van der Waals surface area contributed by atoms with Crippen molar-refractivity contribution in [3.63, 3.8) is 0 Å². The van der Waals surface area contributed by atoms with E-state index in [2.05, 4.69) is 0 Å². The molecule has 0 fully saturated rings. The third-order valence-electron chi connectivity index (χ3n) is 5.51. The van der Waals surface area contributed by atoms with Crippen LogP contribution in [-0.2, 0) is 25.5 Å². The van der Waals surface area contributed by atoms with E-state index < -0.39 is 0 Å². The normalized spacial score (nSPS) is 13.8. The number of hydrogen-bond donors (Lipinski definition) is 0. The van der Waals surface area contributed by atoms with Crippen LogP contribution in [0, 0.1) is 5.82 Å². The molecule has 0 saturated heterocycles. The summed E-state index contributed by atoms with van der Waals surface area (Å²) in [5, 5.41) is 0. The highest BCUT2D eigenvalue weighted by atomic mass is 19.1. The molecule has 0 bridgehead atoms. The molecule has 2 aromatic carbocycles. The second-order valence-corrected chi connectivity index (χ2v) is 7.56. The fourth-order valence-electron chi connectivity index (χ4n) is 3.71. The molecular weight excluding hydrogens is 427 g/mol. The number of amides is 2. The number of hydrogen-bond acceptors (Lipinski definition) is 6. The Hall–Kier alpha value is -3.23. The fraction of sp³-hybridized carbons (Fsp3) is 0.360. The number of halogens is 1. The summed E-state index contributed by atoms with van der Waals surface area (Å²) in [7, 11) is 4.74. The Kier molecular flexibility index (Phi) is 8.57. The van der Waals surface area contributed by atoms with E-state index in [0.29, 0.717) is 55.3 Å². The fourth-order valence-corrected chi connectivity index (χ4v) is 3.71. The minimum absolute atomic E-state index is 0.189. The summed E-state index contributed by atoms with van der Waals surface area (Å²) >= 11 is 0. The average Bonchev–Trinajstić information content (AvgIpc) is 3.08. The molecule has 7 nitrogen and oxygen atoms in total. The summed E-state index contributed by atoms with van der Waals surface area (Å²) in [6.45, 7) is 1.83. The topological polar surface area (TPSA) is 68.3 Å². The minimum atomic E-state index is -0.361. The molecule has 0 unspecified atom stereocenters. The molecule has 1 aliphatic heterocycles. The second-order valence-electron chi connectivity index (χ2n) is 7.56. The Morgan fingerprint density at radius 1 is 0.848 bits per heavy atom. The predicted molar refractivity (Wildman–Crippen MR) is 122 cm³/mol. The van der Waals surface area contributed by atoms with E-state index in [1.807, 2.05) is 4.90 Å². The lowest BCUT2D eigenvalue weighted by Gasteiger charge is -2.25. The Balaban J connectivity index is 1.95. The first-order valence-corrected chi connectivity index (χ1v) is 10.7. The quantitative estimate of drug-likeness (QED) is 0.458.